The summed E-state index contributed by atoms with van der Waals surface area (Å²) in [6, 6.07) is 0. The standard InChI is InChI=1S/C18H34N4.C2H6/c1-4-20-5-7-21(8-6-20)9-10-22-14-18(15-22)11-17(12-18)13-19-16(2)3;1-2/h17,19H,2,4-15H2,1,3H3;1-2H3. The van der Waals surface area contributed by atoms with Gasteiger partial charge in [0.1, 0.15) is 0 Å². The zero-order valence-corrected chi connectivity index (χ0v) is 16.6. The Morgan fingerprint density at radius 1 is 1.00 bits per heavy atom. The normalized spacial score (nSPS) is 24.7. The fraction of sp³-hybridized carbons (Fsp3) is 0.900. The van der Waals surface area contributed by atoms with Crippen LogP contribution in [0.2, 0.25) is 0 Å². The van der Waals surface area contributed by atoms with Crippen molar-refractivity contribution in [1.29, 1.82) is 0 Å². The second-order valence-electron chi connectivity index (χ2n) is 7.92. The molecule has 24 heavy (non-hydrogen) atoms. The molecule has 3 aliphatic rings. The van der Waals surface area contributed by atoms with Gasteiger partial charge in [-0.1, -0.05) is 27.4 Å². The molecular formula is C20H40N4. The molecule has 1 saturated carbocycles. The molecule has 0 aromatic carbocycles. The van der Waals surface area contributed by atoms with E-state index in [1.807, 2.05) is 13.8 Å². The monoisotopic (exact) mass is 336 g/mol. The van der Waals surface area contributed by atoms with Gasteiger partial charge in [0.2, 0.25) is 0 Å². The summed E-state index contributed by atoms with van der Waals surface area (Å²) in [5.74, 6) is 0.890. The van der Waals surface area contributed by atoms with Crippen LogP contribution in [0.4, 0.5) is 0 Å². The van der Waals surface area contributed by atoms with E-state index in [0.717, 1.165) is 18.2 Å². The molecule has 4 nitrogen and oxygen atoms in total. The Morgan fingerprint density at radius 2 is 1.54 bits per heavy atom. The topological polar surface area (TPSA) is 21.8 Å². The Hall–Kier alpha value is -0.580. The van der Waals surface area contributed by atoms with Crippen molar-refractivity contribution in [1.82, 2.24) is 20.0 Å². The molecule has 1 N–H and O–H groups in total. The fourth-order valence-corrected chi connectivity index (χ4v) is 4.56. The molecular weight excluding hydrogens is 296 g/mol. The van der Waals surface area contributed by atoms with Crippen molar-refractivity contribution >= 4 is 0 Å². The molecule has 0 unspecified atom stereocenters. The third-order valence-electron chi connectivity index (χ3n) is 5.90. The number of hydrogen-bond donors (Lipinski definition) is 1. The maximum Gasteiger partial charge on any atom is 0.0172 e. The fourth-order valence-electron chi connectivity index (χ4n) is 4.56. The predicted molar refractivity (Wildman–Crippen MR) is 104 cm³/mol. The summed E-state index contributed by atoms with van der Waals surface area (Å²) in [5.41, 5.74) is 1.81. The van der Waals surface area contributed by atoms with Gasteiger partial charge in [0, 0.05) is 64.6 Å². The van der Waals surface area contributed by atoms with E-state index in [-0.39, 0.29) is 0 Å². The SMILES string of the molecule is C=C(C)NCC1CC2(C1)CN(CCN1CCN(CC)CC1)C2.CC. The number of likely N-dealkylation sites (tertiary alicyclic amines) is 1. The Bertz CT molecular complexity index is 373. The highest BCUT2D eigenvalue weighted by atomic mass is 15.3. The molecule has 4 heteroatoms. The molecule has 1 spiro atoms. The van der Waals surface area contributed by atoms with E-state index < -0.39 is 0 Å². The quantitative estimate of drug-likeness (QED) is 0.771. The van der Waals surface area contributed by atoms with Crippen molar-refractivity contribution in [2.75, 3.05) is 65.4 Å². The van der Waals surface area contributed by atoms with Crippen LogP contribution in [0.1, 0.15) is 40.5 Å². The van der Waals surface area contributed by atoms with Crippen LogP contribution < -0.4 is 5.32 Å². The summed E-state index contributed by atoms with van der Waals surface area (Å²) in [6.45, 7) is 24.9. The number of allylic oxidation sites excluding steroid dienone is 1. The van der Waals surface area contributed by atoms with Crippen molar-refractivity contribution in [2.24, 2.45) is 11.3 Å². The highest BCUT2D eigenvalue weighted by Gasteiger charge is 2.51. The summed E-state index contributed by atoms with van der Waals surface area (Å²) in [6.07, 6.45) is 2.86. The van der Waals surface area contributed by atoms with Crippen LogP contribution in [-0.4, -0.2) is 80.1 Å². The van der Waals surface area contributed by atoms with Gasteiger partial charge in [-0.3, -0.25) is 4.90 Å². The van der Waals surface area contributed by atoms with Gasteiger partial charge >= 0.3 is 0 Å². The lowest BCUT2D eigenvalue weighted by Gasteiger charge is -2.59. The number of nitrogens with one attached hydrogen (secondary N) is 1. The lowest BCUT2D eigenvalue weighted by Crippen LogP contribution is -2.64. The molecule has 2 heterocycles. The minimum Gasteiger partial charge on any atom is -0.389 e. The zero-order chi connectivity index (χ0) is 17.6. The van der Waals surface area contributed by atoms with Gasteiger partial charge in [-0.05, 0) is 37.6 Å². The second-order valence-corrected chi connectivity index (χ2v) is 7.92. The van der Waals surface area contributed by atoms with Crippen molar-refractivity contribution in [3.05, 3.63) is 12.3 Å². The first-order chi connectivity index (χ1) is 11.6. The smallest absolute Gasteiger partial charge is 0.0172 e. The third-order valence-corrected chi connectivity index (χ3v) is 5.90. The Kier molecular flexibility index (Phi) is 7.58. The summed E-state index contributed by atoms with van der Waals surface area (Å²) < 4.78 is 0. The molecule has 0 bridgehead atoms. The molecule has 3 fully saturated rings. The molecule has 0 aromatic rings. The van der Waals surface area contributed by atoms with E-state index in [0.29, 0.717) is 5.41 Å². The van der Waals surface area contributed by atoms with E-state index in [1.165, 1.54) is 71.7 Å². The van der Waals surface area contributed by atoms with E-state index in [4.69, 9.17) is 0 Å². The van der Waals surface area contributed by atoms with E-state index >= 15 is 0 Å². The van der Waals surface area contributed by atoms with Crippen LogP contribution in [0.15, 0.2) is 12.3 Å². The maximum absolute atomic E-state index is 3.92. The van der Waals surface area contributed by atoms with Crippen LogP contribution in [0.25, 0.3) is 0 Å². The average Bonchev–Trinajstić information content (AvgIpc) is 2.53. The van der Waals surface area contributed by atoms with Gasteiger partial charge in [-0.15, -0.1) is 0 Å². The highest BCUT2D eigenvalue weighted by molar-refractivity contribution is 5.05. The van der Waals surface area contributed by atoms with Gasteiger partial charge in [0.25, 0.3) is 0 Å². The van der Waals surface area contributed by atoms with E-state index in [9.17, 15) is 0 Å². The van der Waals surface area contributed by atoms with Gasteiger partial charge in [-0.2, -0.15) is 0 Å². The molecule has 1 aliphatic carbocycles. The number of piperazine rings is 1. The van der Waals surface area contributed by atoms with Crippen molar-refractivity contribution in [3.63, 3.8) is 0 Å². The number of hydrogen-bond acceptors (Lipinski definition) is 4. The minimum absolute atomic E-state index is 0.697. The van der Waals surface area contributed by atoms with Crippen molar-refractivity contribution in [3.8, 4) is 0 Å². The third kappa shape index (κ3) is 5.21. The number of rotatable bonds is 7. The summed E-state index contributed by atoms with van der Waals surface area (Å²) >= 11 is 0. The Balaban J connectivity index is 0.00000100. The molecule has 140 valence electrons. The van der Waals surface area contributed by atoms with E-state index in [2.05, 4.69) is 40.4 Å². The van der Waals surface area contributed by atoms with E-state index in [1.54, 1.807) is 0 Å². The first-order valence-corrected chi connectivity index (χ1v) is 10.1. The number of likely N-dealkylation sites (N-methyl/N-ethyl adjacent to an activating group) is 1. The zero-order valence-electron chi connectivity index (χ0n) is 16.6. The predicted octanol–water partition coefficient (Wildman–Crippen LogP) is 2.49. The molecule has 2 aliphatic heterocycles. The summed E-state index contributed by atoms with van der Waals surface area (Å²) in [7, 11) is 0. The molecule has 0 amide bonds. The largest absolute Gasteiger partial charge is 0.389 e. The number of nitrogens with zero attached hydrogens (tertiary/aromatic N) is 3. The summed E-state index contributed by atoms with van der Waals surface area (Å²) in [5, 5.41) is 3.40. The van der Waals surface area contributed by atoms with Crippen LogP contribution in [0.3, 0.4) is 0 Å². The molecule has 2 saturated heterocycles. The highest BCUT2D eigenvalue weighted by Crippen LogP contribution is 2.51. The molecule has 0 aromatic heterocycles. The average molecular weight is 337 g/mol. The Labute approximate surface area is 150 Å². The summed E-state index contributed by atoms with van der Waals surface area (Å²) in [4.78, 5) is 7.88. The molecule has 3 rings (SSSR count). The lowest BCUT2D eigenvalue weighted by molar-refractivity contribution is -0.0951. The molecule has 0 radical (unpaired) electrons. The minimum atomic E-state index is 0.697. The van der Waals surface area contributed by atoms with Gasteiger partial charge in [0.15, 0.2) is 0 Å². The Morgan fingerprint density at radius 3 is 2.08 bits per heavy atom. The van der Waals surface area contributed by atoms with Crippen LogP contribution in [-0.2, 0) is 0 Å². The second kappa shape index (κ2) is 9.21. The van der Waals surface area contributed by atoms with Crippen molar-refractivity contribution in [2.45, 2.75) is 40.5 Å². The van der Waals surface area contributed by atoms with Crippen LogP contribution >= 0.6 is 0 Å². The molecule has 0 atom stereocenters. The van der Waals surface area contributed by atoms with Gasteiger partial charge in [-0.25, -0.2) is 0 Å². The van der Waals surface area contributed by atoms with Crippen LogP contribution in [0.5, 0.6) is 0 Å². The maximum atomic E-state index is 3.92. The van der Waals surface area contributed by atoms with Crippen LogP contribution in [0, 0.1) is 11.3 Å². The lowest BCUT2D eigenvalue weighted by atomic mass is 9.57. The first kappa shape index (κ1) is 19.7. The van der Waals surface area contributed by atoms with Crippen molar-refractivity contribution < 1.29 is 0 Å². The van der Waals surface area contributed by atoms with Gasteiger partial charge < -0.3 is 15.1 Å². The first-order valence-electron chi connectivity index (χ1n) is 10.1. The van der Waals surface area contributed by atoms with Gasteiger partial charge in [0.05, 0.1) is 0 Å².